The predicted octanol–water partition coefficient (Wildman–Crippen LogP) is 3.22. The van der Waals surface area contributed by atoms with Gasteiger partial charge in [-0.3, -0.25) is 9.78 Å². The van der Waals surface area contributed by atoms with Gasteiger partial charge in [0.15, 0.2) is 0 Å². The van der Waals surface area contributed by atoms with E-state index in [1.165, 1.54) is 0 Å². The summed E-state index contributed by atoms with van der Waals surface area (Å²) in [6, 6.07) is 17.4. The molecule has 144 valence electrons. The van der Waals surface area contributed by atoms with Crippen molar-refractivity contribution in [2.75, 3.05) is 26.2 Å². The van der Waals surface area contributed by atoms with Crippen LogP contribution in [0.2, 0.25) is 5.02 Å². The maximum atomic E-state index is 12.8. The van der Waals surface area contributed by atoms with Crippen molar-refractivity contribution in [2.45, 2.75) is 6.42 Å². The lowest BCUT2D eigenvalue weighted by Crippen LogP contribution is -2.62. The Morgan fingerprint density at radius 1 is 1.14 bits per heavy atom. The minimum absolute atomic E-state index is 0.0563. The lowest BCUT2D eigenvalue weighted by Gasteiger charge is -2.41. The van der Waals surface area contributed by atoms with Crippen molar-refractivity contribution in [3.8, 4) is 5.75 Å². The molecule has 5 nitrogen and oxygen atoms in total. The molecular weight excluding hydrogens is 374 g/mol. The molecule has 1 fully saturated rings. The molecule has 0 saturated carbocycles. The first-order valence-corrected chi connectivity index (χ1v) is 9.74. The molecule has 0 unspecified atom stereocenters. The van der Waals surface area contributed by atoms with Crippen molar-refractivity contribution in [3.05, 3.63) is 71.4 Å². The monoisotopic (exact) mass is 395 g/mol. The number of benzene rings is 2. The molecule has 0 bridgehead atoms. The Kier molecular flexibility index (Phi) is 5.46. The van der Waals surface area contributed by atoms with Crippen LogP contribution in [-0.2, 0) is 11.2 Å². The minimum Gasteiger partial charge on any atom is -0.489 e. The largest absolute Gasteiger partial charge is 0.489 e. The SMILES string of the molecule is O=C(NCCOc1cccc2cccnc12)C1(Cc2ccc(Cl)cc2)CNC1. The van der Waals surface area contributed by atoms with Gasteiger partial charge in [-0.05, 0) is 36.2 Å². The second-order valence-corrected chi connectivity index (χ2v) is 7.56. The molecule has 1 aliphatic rings. The van der Waals surface area contributed by atoms with Gasteiger partial charge in [0.2, 0.25) is 5.91 Å². The summed E-state index contributed by atoms with van der Waals surface area (Å²) in [5.41, 5.74) is 1.53. The zero-order chi connectivity index (χ0) is 19.4. The Labute approximate surface area is 169 Å². The number of pyridine rings is 1. The number of hydrogen-bond acceptors (Lipinski definition) is 4. The molecule has 1 aromatic heterocycles. The molecule has 2 heterocycles. The molecule has 3 aromatic rings. The van der Waals surface area contributed by atoms with Crippen molar-refractivity contribution in [1.29, 1.82) is 0 Å². The van der Waals surface area contributed by atoms with Gasteiger partial charge in [-0.25, -0.2) is 0 Å². The highest BCUT2D eigenvalue weighted by molar-refractivity contribution is 6.30. The Hall–Kier alpha value is -2.63. The molecule has 6 heteroatoms. The van der Waals surface area contributed by atoms with E-state index in [2.05, 4.69) is 15.6 Å². The fourth-order valence-electron chi connectivity index (χ4n) is 3.49. The molecule has 0 aliphatic carbocycles. The van der Waals surface area contributed by atoms with Gasteiger partial charge in [-0.1, -0.05) is 41.9 Å². The van der Waals surface area contributed by atoms with Crippen LogP contribution in [0.1, 0.15) is 5.56 Å². The number of carbonyl (C=O) groups is 1. The predicted molar refractivity (Wildman–Crippen MR) is 111 cm³/mol. The van der Waals surface area contributed by atoms with Crippen LogP contribution in [0.3, 0.4) is 0 Å². The van der Waals surface area contributed by atoms with Crippen LogP contribution in [0.4, 0.5) is 0 Å². The summed E-state index contributed by atoms with van der Waals surface area (Å²) in [4.78, 5) is 17.2. The zero-order valence-corrected chi connectivity index (χ0v) is 16.2. The van der Waals surface area contributed by atoms with Crippen molar-refractivity contribution in [2.24, 2.45) is 5.41 Å². The van der Waals surface area contributed by atoms with Gasteiger partial charge in [-0.15, -0.1) is 0 Å². The van der Waals surface area contributed by atoms with Crippen molar-refractivity contribution >= 4 is 28.4 Å². The topological polar surface area (TPSA) is 63.2 Å². The summed E-state index contributed by atoms with van der Waals surface area (Å²) >= 11 is 5.95. The fourth-order valence-corrected chi connectivity index (χ4v) is 3.62. The lowest BCUT2D eigenvalue weighted by molar-refractivity contribution is -0.134. The number of para-hydroxylation sites is 1. The molecule has 2 N–H and O–H groups in total. The van der Waals surface area contributed by atoms with Gasteiger partial charge in [-0.2, -0.15) is 0 Å². The van der Waals surface area contributed by atoms with Crippen LogP contribution >= 0.6 is 11.6 Å². The fraction of sp³-hybridized carbons (Fsp3) is 0.273. The molecule has 4 rings (SSSR count). The van der Waals surface area contributed by atoms with Gasteiger partial charge in [0.05, 0.1) is 12.0 Å². The molecule has 1 amide bonds. The minimum atomic E-state index is -0.408. The van der Waals surface area contributed by atoms with E-state index in [1.807, 2.05) is 54.6 Å². The number of fused-ring (bicyclic) bond motifs is 1. The molecule has 0 radical (unpaired) electrons. The van der Waals surface area contributed by atoms with E-state index >= 15 is 0 Å². The normalized spacial score (nSPS) is 15.0. The number of halogens is 1. The van der Waals surface area contributed by atoms with E-state index in [0.29, 0.717) is 37.7 Å². The third-order valence-electron chi connectivity index (χ3n) is 5.11. The van der Waals surface area contributed by atoms with Crippen LogP contribution in [0, 0.1) is 5.41 Å². The van der Waals surface area contributed by atoms with E-state index in [-0.39, 0.29) is 5.91 Å². The van der Waals surface area contributed by atoms with Gasteiger partial charge >= 0.3 is 0 Å². The molecule has 1 saturated heterocycles. The van der Waals surface area contributed by atoms with Gasteiger partial charge in [0.25, 0.3) is 0 Å². The van der Waals surface area contributed by atoms with Crippen LogP contribution < -0.4 is 15.4 Å². The first-order chi connectivity index (χ1) is 13.7. The van der Waals surface area contributed by atoms with Gasteiger partial charge in [0, 0.05) is 29.7 Å². The third-order valence-corrected chi connectivity index (χ3v) is 5.36. The third kappa shape index (κ3) is 3.96. The summed E-state index contributed by atoms with van der Waals surface area (Å²) in [6.45, 7) is 2.20. The summed E-state index contributed by atoms with van der Waals surface area (Å²) in [6.07, 6.45) is 2.44. The maximum Gasteiger partial charge on any atom is 0.229 e. The van der Waals surface area contributed by atoms with Crippen molar-refractivity contribution in [3.63, 3.8) is 0 Å². The highest BCUT2D eigenvalue weighted by Crippen LogP contribution is 2.29. The van der Waals surface area contributed by atoms with E-state index < -0.39 is 5.41 Å². The van der Waals surface area contributed by atoms with E-state index in [4.69, 9.17) is 16.3 Å². The number of nitrogens with zero attached hydrogens (tertiary/aromatic N) is 1. The zero-order valence-electron chi connectivity index (χ0n) is 15.5. The number of aromatic nitrogens is 1. The van der Waals surface area contributed by atoms with Crippen LogP contribution in [0.25, 0.3) is 10.9 Å². The summed E-state index contributed by atoms with van der Waals surface area (Å²) in [5.74, 6) is 0.786. The summed E-state index contributed by atoms with van der Waals surface area (Å²) in [7, 11) is 0. The Bertz CT molecular complexity index is 966. The molecule has 2 aromatic carbocycles. The van der Waals surface area contributed by atoms with Crippen LogP contribution in [0.15, 0.2) is 60.8 Å². The number of nitrogens with one attached hydrogen (secondary N) is 2. The van der Waals surface area contributed by atoms with E-state index in [0.717, 1.165) is 22.2 Å². The summed E-state index contributed by atoms with van der Waals surface area (Å²) in [5, 5.41) is 7.99. The number of ether oxygens (including phenoxy) is 1. The second-order valence-electron chi connectivity index (χ2n) is 7.12. The maximum absolute atomic E-state index is 12.8. The quantitative estimate of drug-likeness (QED) is 0.603. The van der Waals surface area contributed by atoms with Crippen molar-refractivity contribution in [1.82, 2.24) is 15.6 Å². The summed E-state index contributed by atoms with van der Waals surface area (Å²) < 4.78 is 5.86. The number of rotatable bonds is 7. The first kappa shape index (κ1) is 18.7. The number of carbonyl (C=O) groups excluding carboxylic acids is 1. The molecule has 28 heavy (non-hydrogen) atoms. The molecule has 0 spiro atoms. The lowest BCUT2D eigenvalue weighted by atomic mass is 9.75. The van der Waals surface area contributed by atoms with Gasteiger partial charge in [0.1, 0.15) is 17.9 Å². The first-order valence-electron chi connectivity index (χ1n) is 9.36. The molecule has 0 atom stereocenters. The number of amides is 1. The average Bonchev–Trinajstić information content (AvgIpc) is 2.69. The second kappa shape index (κ2) is 8.17. The Morgan fingerprint density at radius 2 is 1.93 bits per heavy atom. The molecule has 1 aliphatic heterocycles. The smallest absolute Gasteiger partial charge is 0.229 e. The van der Waals surface area contributed by atoms with Crippen LogP contribution in [0.5, 0.6) is 5.75 Å². The Balaban J connectivity index is 1.32. The van der Waals surface area contributed by atoms with E-state index in [1.54, 1.807) is 6.20 Å². The Morgan fingerprint density at radius 3 is 2.68 bits per heavy atom. The van der Waals surface area contributed by atoms with Crippen LogP contribution in [-0.4, -0.2) is 37.1 Å². The van der Waals surface area contributed by atoms with Gasteiger partial charge < -0.3 is 15.4 Å². The van der Waals surface area contributed by atoms with Crippen molar-refractivity contribution < 1.29 is 9.53 Å². The standard InChI is InChI=1S/C22H22ClN3O2/c23-18-8-6-16(7-9-18)13-22(14-24-15-22)21(27)26-11-12-28-19-5-1-3-17-4-2-10-25-20(17)19/h1-10,24H,11-15H2,(H,26,27). The molecular formula is C22H22ClN3O2. The number of hydrogen-bond donors (Lipinski definition) is 2. The average molecular weight is 396 g/mol. The van der Waals surface area contributed by atoms with E-state index in [9.17, 15) is 4.79 Å². The highest BCUT2D eigenvalue weighted by Gasteiger charge is 2.43. The highest BCUT2D eigenvalue weighted by atomic mass is 35.5.